The van der Waals surface area contributed by atoms with Crippen molar-refractivity contribution < 1.29 is 4.79 Å². The van der Waals surface area contributed by atoms with Gasteiger partial charge >= 0.3 is 0 Å². The number of hydrogen-bond acceptors (Lipinski definition) is 3. The second kappa shape index (κ2) is 8.48. The maximum absolute atomic E-state index is 13.0. The van der Waals surface area contributed by atoms with Crippen LogP contribution in [0.1, 0.15) is 38.7 Å². The van der Waals surface area contributed by atoms with Gasteiger partial charge in [0.15, 0.2) is 11.7 Å². The second-order valence-electron chi connectivity index (χ2n) is 6.87. The summed E-state index contributed by atoms with van der Waals surface area (Å²) in [5, 5.41) is 0. The maximum atomic E-state index is 13.0. The summed E-state index contributed by atoms with van der Waals surface area (Å²) < 4.78 is 1.83. The van der Waals surface area contributed by atoms with Crippen LogP contribution in [-0.2, 0) is 6.54 Å². The van der Waals surface area contributed by atoms with E-state index in [1.54, 1.807) is 12.4 Å². The van der Waals surface area contributed by atoms with Gasteiger partial charge in [-0.25, -0.2) is 0 Å². The number of carbonyl (C=O) groups is 1. The molecule has 4 aromatic rings. The third kappa shape index (κ3) is 4.06. The quantitative estimate of drug-likeness (QED) is 0.469. The van der Waals surface area contributed by atoms with Gasteiger partial charge < -0.3 is 4.57 Å². The summed E-state index contributed by atoms with van der Waals surface area (Å²) in [4.78, 5) is 28.7. The van der Waals surface area contributed by atoms with E-state index in [1.165, 1.54) is 6.07 Å². The lowest BCUT2D eigenvalue weighted by atomic mass is 9.85. The number of benzene rings is 2. The van der Waals surface area contributed by atoms with Crippen LogP contribution in [0.3, 0.4) is 0 Å². The van der Waals surface area contributed by atoms with Crippen molar-refractivity contribution in [2.45, 2.75) is 12.5 Å². The SMILES string of the molecule is O=Cc1cc(=O)c(C(c2ccccc2)c2ccccc2)cn1Cc1ccncc1. The Bertz CT molecular complexity index is 1110. The molecule has 0 aliphatic rings. The largest absolute Gasteiger partial charge is 0.340 e. The number of aromatic nitrogens is 2. The van der Waals surface area contributed by atoms with Gasteiger partial charge in [-0.2, -0.15) is 0 Å². The van der Waals surface area contributed by atoms with E-state index >= 15 is 0 Å². The van der Waals surface area contributed by atoms with E-state index in [2.05, 4.69) is 4.98 Å². The molecule has 0 bridgehead atoms. The Kier molecular flexibility index (Phi) is 5.43. The minimum Gasteiger partial charge on any atom is -0.340 e. The number of aldehydes is 1. The van der Waals surface area contributed by atoms with Crippen molar-refractivity contribution in [2.75, 3.05) is 0 Å². The van der Waals surface area contributed by atoms with Crippen LogP contribution in [-0.4, -0.2) is 15.8 Å². The number of pyridine rings is 2. The first kappa shape index (κ1) is 18.6. The van der Waals surface area contributed by atoms with Crippen LogP contribution in [0.5, 0.6) is 0 Å². The lowest BCUT2D eigenvalue weighted by molar-refractivity contribution is 0.111. The molecule has 4 nitrogen and oxygen atoms in total. The Hall–Kier alpha value is -3.79. The minimum absolute atomic E-state index is 0.143. The molecule has 0 aliphatic carbocycles. The number of carbonyl (C=O) groups excluding carboxylic acids is 1. The minimum atomic E-state index is -0.214. The molecule has 0 atom stereocenters. The van der Waals surface area contributed by atoms with Gasteiger partial charge in [-0.05, 0) is 28.8 Å². The number of hydrogen-bond donors (Lipinski definition) is 0. The molecule has 142 valence electrons. The molecule has 0 spiro atoms. The standard InChI is InChI=1S/C25H20N2O2/c28-18-22-15-24(29)23(17-27(22)16-19-11-13-26-14-12-19)25(20-7-3-1-4-8-20)21-9-5-2-6-10-21/h1-15,17-18,25H,16H2. The molecular weight excluding hydrogens is 360 g/mol. The highest BCUT2D eigenvalue weighted by atomic mass is 16.1. The van der Waals surface area contributed by atoms with Crippen LogP contribution in [0.2, 0.25) is 0 Å². The van der Waals surface area contributed by atoms with Crippen LogP contribution >= 0.6 is 0 Å². The third-order valence-electron chi connectivity index (χ3n) is 4.99. The van der Waals surface area contributed by atoms with Crippen molar-refractivity contribution in [2.24, 2.45) is 0 Å². The molecule has 0 saturated heterocycles. The van der Waals surface area contributed by atoms with E-state index in [4.69, 9.17) is 0 Å². The van der Waals surface area contributed by atoms with Gasteiger partial charge in [0.05, 0.1) is 5.69 Å². The highest BCUT2D eigenvalue weighted by Gasteiger charge is 2.21. The maximum Gasteiger partial charge on any atom is 0.186 e. The Labute approximate surface area is 169 Å². The highest BCUT2D eigenvalue weighted by molar-refractivity contribution is 5.72. The van der Waals surface area contributed by atoms with E-state index in [9.17, 15) is 9.59 Å². The Morgan fingerprint density at radius 3 is 2.00 bits per heavy atom. The fourth-order valence-corrected chi connectivity index (χ4v) is 3.59. The fourth-order valence-electron chi connectivity index (χ4n) is 3.59. The first-order chi connectivity index (χ1) is 14.3. The molecule has 0 unspecified atom stereocenters. The molecule has 2 aromatic carbocycles. The lowest BCUT2D eigenvalue weighted by Crippen LogP contribution is -2.21. The molecule has 0 fully saturated rings. The average Bonchev–Trinajstić information content (AvgIpc) is 2.78. The topological polar surface area (TPSA) is 52.0 Å². The van der Waals surface area contributed by atoms with Crippen LogP contribution < -0.4 is 5.43 Å². The zero-order chi connectivity index (χ0) is 20.1. The molecular formula is C25H20N2O2. The molecule has 4 rings (SSSR count). The first-order valence-corrected chi connectivity index (χ1v) is 9.44. The summed E-state index contributed by atoms with van der Waals surface area (Å²) in [5.41, 5.74) is 3.93. The van der Waals surface area contributed by atoms with Gasteiger partial charge in [-0.3, -0.25) is 14.6 Å². The summed E-state index contributed by atoms with van der Waals surface area (Å²) in [6.07, 6.45) is 5.98. The van der Waals surface area contributed by atoms with Crippen molar-refractivity contribution in [3.05, 3.63) is 136 Å². The normalized spacial score (nSPS) is 10.8. The molecule has 0 saturated carbocycles. The van der Waals surface area contributed by atoms with Crippen molar-refractivity contribution in [1.82, 2.24) is 9.55 Å². The highest BCUT2D eigenvalue weighted by Crippen LogP contribution is 2.30. The Morgan fingerprint density at radius 2 is 1.45 bits per heavy atom. The first-order valence-electron chi connectivity index (χ1n) is 9.44. The third-order valence-corrected chi connectivity index (χ3v) is 4.99. The number of rotatable bonds is 6. The second-order valence-corrected chi connectivity index (χ2v) is 6.87. The van der Waals surface area contributed by atoms with E-state index in [-0.39, 0.29) is 11.3 Å². The summed E-state index contributed by atoms with van der Waals surface area (Å²) in [6.45, 7) is 0.486. The van der Waals surface area contributed by atoms with Crippen molar-refractivity contribution in [3.8, 4) is 0 Å². The Balaban J connectivity index is 1.88. The summed E-state index contributed by atoms with van der Waals surface area (Å²) in [6, 6.07) is 25.2. The predicted octanol–water partition coefficient (Wildman–Crippen LogP) is 4.28. The predicted molar refractivity (Wildman–Crippen MR) is 113 cm³/mol. The zero-order valence-electron chi connectivity index (χ0n) is 15.8. The summed E-state index contributed by atoms with van der Waals surface area (Å²) in [7, 11) is 0. The summed E-state index contributed by atoms with van der Waals surface area (Å²) in [5.74, 6) is -0.214. The molecule has 2 heterocycles. The molecule has 0 aliphatic heterocycles. The van der Waals surface area contributed by atoms with E-state index in [0.29, 0.717) is 17.8 Å². The molecule has 0 radical (unpaired) electrons. The number of nitrogens with zero attached hydrogens (tertiary/aromatic N) is 2. The van der Waals surface area contributed by atoms with Crippen LogP contribution in [0.15, 0.2) is 102 Å². The fraction of sp³-hybridized carbons (Fsp3) is 0.0800. The monoisotopic (exact) mass is 380 g/mol. The van der Waals surface area contributed by atoms with Crippen LogP contribution in [0.25, 0.3) is 0 Å². The van der Waals surface area contributed by atoms with Gasteiger partial charge in [0.2, 0.25) is 0 Å². The Morgan fingerprint density at radius 1 is 0.862 bits per heavy atom. The molecule has 29 heavy (non-hydrogen) atoms. The van der Waals surface area contributed by atoms with Gasteiger partial charge in [0.25, 0.3) is 0 Å². The van der Waals surface area contributed by atoms with Crippen LogP contribution in [0.4, 0.5) is 0 Å². The smallest absolute Gasteiger partial charge is 0.186 e. The van der Waals surface area contributed by atoms with Crippen molar-refractivity contribution >= 4 is 6.29 Å². The molecule has 2 aromatic heterocycles. The lowest BCUT2D eigenvalue weighted by Gasteiger charge is -2.20. The van der Waals surface area contributed by atoms with Gasteiger partial charge in [0, 0.05) is 42.7 Å². The average molecular weight is 380 g/mol. The molecule has 0 amide bonds. The summed E-state index contributed by atoms with van der Waals surface area (Å²) >= 11 is 0. The van der Waals surface area contributed by atoms with E-state index in [1.807, 2.05) is 83.6 Å². The van der Waals surface area contributed by atoms with Gasteiger partial charge in [0.1, 0.15) is 0 Å². The van der Waals surface area contributed by atoms with Gasteiger partial charge in [-0.1, -0.05) is 60.7 Å². The van der Waals surface area contributed by atoms with Crippen molar-refractivity contribution in [1.29, 1.82) is 0 Å². The molecule has 0 N–H and O–H groups in total. The molecule has 4 heteroatoms. The van der Waals surface area contributed by atoms with E-state index in [0.717, 1.165) is 23.0 Å². The zero-order valence-corrected chi connectivity index (χ0v) is 15.8. The van der Waals surface area contributed by atoms with Crippen LogP contribution in [0, 0.1) is 0 Å². The van der Waals surface area contributed by atoms with Crippen molar-refractivity contribution in [3.63, 3.8) is 0 Å². The van der Waals surface area contributed by atoms with Gasteiger partial charge in [-0.15, -0.1) is 0 Å². The van der Waals surface area contributed by atoms with E-state index < -0.39 is 0 Å².